The zero-order valence-electron chi connectivity index (χ0n) is 15.1. The molecule has 0 spiro atoms. The number of hydrogen-bond acceptors (Lipinski definition) is 9. The molecule has 1 amide bonds. The van der Waals surface area contributed by atoms with Gasteiger partial charge in [-0.3, -0.25) is 9.20 Å². The summed E-state index contributed by atoms with van der Waals surface area (Å²) in [5, 5.41) is 20.7. The third kappa shape index (κ3) is 3.17. The van der Waals surface area contributed by atoms with Gasteiger partial charge in [-0.05, 0) is 30.5 Å². The van der Waals surface area contributed by atoms with E-state index in [1.807, 2.05) is 29.6 Å². The van der Waals surface area contributed by atoms with Crippen molar-refractivity contribution in [1.29, 1.82) is 0 Å². The first-order chi connectivity index (χ1) is 14.2. The van der Waals surface area contributed by atoms with E-state index in [9.17, 15) is 4.79 Å². The molecule has 0 aliphatic carbocycles. The molecule has 0 radical (unpaired) electrons. The molecule has 0 saturated carbocycles. The molecule has 1 N–H and O–H groups in total. The number of aromatic nitrogens is 6. The van der Waals surface area contributed by atoms with Gasteiger partial charge in [-0.2, -0.15) is 4.98 Å². The van der Waals surface area contributed by atoms with Crippen LogP contribution in [0.25, 0.3) is 27.7 Å². The van der Waals surface area contributed by atoms with Crippen LogP contribution in [-0.2, 0) is 6.54 Å². The number of carbonyl (C=O) groups is 1. The van der Waals surface area contributed by atoms with Gasteiger partial charge in [0.1, 0.15) is 0 Å². The molecule has 0 bridgehead atoms. The topological polar surface area (TPSA) is 124 Å². The number of carbonyl (C=O) groups excluding carboxylic acids is 1. The lowest BCUT2D eigenvalue weighted by Crippen LogP contribution is -2.24. The molecule has 10 nitrogen and oxygen atoms in total. The molecule has 0 aromatic carbocycles. The predicted octanol–water partition coefficient (Wildman–Crippen LogP) is 2.73. The Morgan fingerprint density at radius 1 is 1.21 bits per heavy atom. The quantitative estimate of drug-likeness (QED) is 0.471. The van der Waals surface area contributed by atoms with Crippen molar-refractivity contribution in [2.75, 3.05) is 0 Å². The van der Waals surface area contributed by atoms with E-state index in [1.54, 1.807) is 23.6 Å². The first-order valence-corrected chi connectivity index (χ1v) is 9.49. The van der Waals surface area contributed by atoms with Gasteiger partial charge in [0.05, 0.1) is 17.0 Å². The van der Waals surface area contributed by atoms with Gasteiger partial charge in [0, 0.05) is 12.3 Å². The van der Waals surface area contributed by atoms with Crippen molar-refractivity contribution in [3.8, 4) is 22.1 Å². The summed E-state index contributed by atoms with van der Waals surface area (Å²) in [5.41, 5.74) is 1.42. The summed E-state index contributed by atoms with van der Waals surface area (Å²) in [4.78, 5) is 17.6. The number of fused-ring (bicyclic) bond motifs is 1. The fourth-order valence-electron chi connectivity index (χ4n) is 2.82. The summed E-state index contributed by atoms with van der Waals surface area (Å²) < 4.78 is 12.2. The molecule has 144 valence electrons. The Morgan fingerprint density at radius 2 is 2.14 bits per heavy atom. The third-order valence-electron chi connectivity index (χ3n) is 4.18. The van der Waals surface area contributed by atoms with Gasteiger partial charge in [-0.15, -0.1) is 21.5 Å². The van der Waals surface area contributed by atoms with Crippen LogP contribution in [0.5, 0.6) is 0 Å². The van der Waals surface area contributed by atoms with Crippen LogP contribution in [0.3, 0.4) is 0 Å². The molecule has 0 unspecified atom stereocenters. The Kier molecular flexibility index (Phi) is 4.13. The van der Waals surface area contributed by atoms with Gasteiger partial charge in [0.25, 0.3) is 11.8 Å². The van der Waals surface area contributed by atoms with Crippen molar-refractivity contribution >= 4 is 22.9 Å². The maximum absolute atomic E-state index is 12.4. The molecule has 5 rings (SSSR count). The normalized spacial score (nSPS) is 11.2. The summed E-state index contributed by atoms with van der Waals surface area (Å²) in [6.07, 6.45) is 1.80. The van der Waals surface area contributed by atoms with Crippen LogP contribution in [0.1, 0.15) is 22.1 Å². The lowest BCUT2D eigenvalue weighted by Gasteiger charge is -2.02. The largest absolute Gasteiger partial charge is 0.355 e. The number of pyridine rings is 1. The van der Waals surface area contributed by atoms with E-state index in [4.69, 9.17) is 9.05 Å². The first-order valence-electron chi connectivity index (χ1n) is 8.61. The highest BCUT2D eigenvalue weighted by atomic mass is 32.1. The maximum Gasteiger partial charge on any atom is 0.273 e. The minimum absolute atomic E-state index is 0.160. The zero-order chi connectivity index (χ0) is 19.8. The molecular weight excluding hydrogens is 394 g/mol. The number of amides is 1. The van der Waals surface area contributed by atoms with Crippen molar-refractivity contribution in [1.82, 2.24) is 35.2 Å². The molecule has 11 heteroatoms. The second kappa shape index (κ2) is 6.95. The number of nitrogens with zero attached hydrogens (tertiary/aromatic N) is 6. The Morgan fingerprint density at radius 3 is 2.93 bits per heavy atom. The fourth-order valence-corrected chi connectivity index (χ4v) is 3.50. The fraction of sp³-hybridized carbons (Fsp3) is 0.111. The summed E-state index contributed by atoms with van der Waals surface area (Å²) in [6.45, 7) is 1.90. The van der Waals surface area contributed by atoms with Crippen molar-refractivity contribution in [2.24, 2.45) is 0 Å². The van der Waals surface area contributed by atoms with Gasteiger partial charge in [0.2, 0.25) is 0 Å². The number of thiophene rings is 1. The zero-order valence-corrected chi connectivity index (χ0v) is 15.9. The lowest BCUT2D eigenvalue weighted by atomic mass is 10.2. The van der Waals surface area contributed by atoms with E-state index < -0.39 is 0 Å². The Balaban J connectivity index is 1.35. The minimum Gasteiger partial charge on any atom is -0.355 e. The molecule has 5 heterocycles. The molecular formula is C18H13N7O3S. The van der Waals surface area contributed by atoms with Crippen LogP contribution in [0.4, 0.5) is 0 Å². The number of hydrogen-bond donors (Lipinski definition) is 1. The van der Waals surface area contributed by atoms with Gasteiger partial charge in [-0.1, -0.05) is 16.4 Å². The molecule has 5 aromatic heterocycles. The van der Waals surface area contributed by atoms with Crippen LogP contribution in [-0.4, -0.2) is 35.8 Å². The minimum atomic E-state index is -0.364. The molecule has 0 atom stereocenters. The average molecular weight is 407 g/mol. The summed E-state index contributed by atoms with van der Waals surface area (Å²) in [7, 11) is 0. The lowest BCUT2D eigenvalue weighted by molar-refractivity contribution is 0.0941. The monoisotopic (exact) mass is 407 g/mol. The van der Waals surface area contributed by atoms with E-state index in [0.717, 1.165) is 4.88 Å². The SMILES string of the molecule is Cc1noc(-c2cccn3c(CNC(=O)c4cc(-c5cccs5)on4)nnc23)n1. The van der Waals surface area contributed by atoms with Crippen molar-refractivity contribution in [2.45, 2.75) is 13.5 Å². The van der Waals surface area contributed by atoms with Gasteiger partial charge < -0.3 is 14.4 Å². The van der Waals surface area contributed by atoms with Crippen molar-refractivity contribution in [3.63, 3.8) is 0 Å². The maximum atomic E-state index is 12.4. The molecule has 0 fully saturated rings. The van der Waals surface area contributed by atoms with Gasteiger partial charge in [-0.25, -0.2) is 0 Å². The van der Waals surface area contributed by atoms with Crippen LogP contribution >= 0.6 is 11.3 Å². The van der Waals surface area contributed by atoms with E-state index >= 15 is 0 Å². The second-order valence-electron chi connectivity index (χ2n) is 6.11. The highest BCUT2D eigenvalue weighted by molar-refractivity contribution is 7.13. The predicted molar refractivity (Wildman–Crippen MR) is 102 cm³/mol. The molecule has 29 heavy (non-hydrogen) atoms. The van der Waals surface area contributed by atoms with Crippen molar-refractivity contribution in [3.05, 3.63) is 59.3 Å². The highest BCUT2D eigenvalue weighted by Gasteiger charge is 2.17. The molecule has 5 aromatic rings. The Bertz CT molecular complexity index is 1300. The smallest absolute Gasteiger partial charge is 0.273 e. The summed E-state index contributed by atoms with van der Waals surface area (Å²) >= 11 is 1.51. The number of nitrogens with one attached hydrogen (secondary N) is 1. The summed E-state index contributed by atoms with van der Waals surface area (Å²) in [5.74, 6) is 1.63. The van der Waals surface area contributed by atoms with Crippen LogP contribution < -0.4 is 5.32 Å². The first kappa shape index (κ1) is 17.3. The van der Waals surface area contributed by atoms with Gasteiger partial charge >= 0.3 is 0 Å². The third-order valence-corrected chi connectivity index (χ3v) is 5.06. The Hall–Kier alpha value is -3.86. The van der Waals surface area contributed by atoms with Crippen LogP contribution in [0.15, 0.2) is 51.0 Å². The number of rotatable bonds is 5. The van der Waals surface area contributed by atoms with Crippen LogP contribution in [0.2, 0.25) is 0 Å². The number of aryl methyl sites for hydroxylation is 1. The van der Waals surface area contributed by atoms with E-state index in [2.05, 4.69) is 30.8 Å². The standard InChI is InChI=1S/C18H13N7O3S/c1-10-20-18(28-23-10)11-4-2-6-25-15(21-22-16(11)25)9-19-17(26)12-8-13(27-24-12)14-5-3-7-29-14/h2-8H,9H2,1H3,(H,19,26). The molecule has 0 aliphatic heterocycles. The van der Waals surface area contributed by atoms with Gasteiger partial charge in [0.15, 0.2) is 28.8 Å². The summed E-state index contributed by atoms with van der Waals surface area (Å²) in [6, 6.07) is 9.06. The highest BCUT2D eigenvalue weighted by Crippen LogP contribution is 2.25. The second-order valence-corrected chi connectivity index (χ2v) is 7.06. The Labute approximate surface area is 167 Å². The molecule has 0 aliphatic rings. The van der Waals surface area contributed by atoms with Crippen molar-refractivity contribution < 1.29 is 13.8 Å². The van der Waals surface area contributed by atoms with E-state index in [0.29, 0.717) is 34.5 Å². The van der Waals surface area contributed by atoms with E-state index in [1.165, 1.54) is 11.3 Å². The molecule has 0 saturated heterocycles. The van der Waals surface area contributed by atoms with Crippen LogP contribution in [0, 0.1) is 6.92 Å². The van der Waals surface area contributed by atoms with E-state index in [-0.39, 0.29) is 18.1 Å². The average Bonchev–Trinajstić information content (AvgIpc) is 3.52.